The third kappa shape index (κ3) is 3.73. The first kappa shape index (κ1) is 13.9. The van der Waals surface area contributed by atoms with E-state index in [4.69, 9.17) is 16.9 Å². The Morgan fingerprint density at radius 2 is 2.05 bits per heavy atom. The molecule has 0 atom stereocenters. The Kier molecular flexibility index (Phi) is 4.47. The Morgan fingerprint density at radius 3 is 2.68 bits per heavy atom. The summed E-state index contributed by atoms with van der Waals surface area (Å²) in [6.07, 6.45) is 0. The summed E-state index contributed by atoms with van der Waals surface area (Å²) in [5.74, 6) is 0. The number of hydrogen-bond donors (Lipinski definition) is 1. The molecule has 2 nitrogen and oxygen atoms in total. The van der Waals surface area contributed by atoms with Gasteiger partial charge in [-0.25, -0.2) is 0 Å². The summed E-state index contributed by atoms with van der Waals surface area (Å²) >= 11 is 9.61. The summed E-state index contributed by atoms with van der Waals surface area (Å²) in [7, 11) is 0. The molecule has 0 saturated carbocycles. The zero-order valence-corrected chi connectivity index (χ0v) is 12.7. The Hall–Kier alpha value is -1.50. The molecule has 96 valence electrons. The molecule has 2 aromatic rings. The summed E-state index contributed by atoms with van der Waals surface area (Å²) < 4.78 is 1.04. The largest absolute Gasteiger partial charge is 0.381 e. The first-order valence-corrected chi connectivity index (χ1v) is 6.95. The third-order valence-corrected chi connectivity index (χ3v) is 3.52. The fraction of sp³-hybridized carbons (Fsp3) is 0.133. The molecule has 0 saturated heterocycles. The molecule has 4 heteroatoms. The van der Waals surface area contributed by atoms with Crippen molar-refractivity contribution in [3.63, 3.8) is 0 Å². The molecule has 2 aromatic carbocycles. The summed E-state index contributed by atoms with van der Waals surface area (Å²) in [6, 6.07) is 13.6. The van der Waals surface area contributed by atoms with Crippen LogP contribution < -0.4 is 5.32 Å². The molecule has 1 N–H and O–H groups in total. The average Bonchev–Trinajstić information content (AvgIpc) is 2.36. The van der Waals surface area contributed by atoms with Gasteiger partial charge in [0.15, 0.2) is 0 Å². The lowest BCUT2D eigenvalue weighted by atomic mass is 10.1. The fourth-order valence-corrected chi connectivity index (χ4v) is 2.65. The molecule has 0 spiro atoms. The number of anilines is 1. The molecule has 0 unspecified atom stereocenters. The van der Waals surface area contributed by atoms with Crippen LogP contribution in [0, 0.1) is 18.3 Å². The third-order valence-electron chi connectivity index (χ3n) is 2.71. The van der Waals surface area contributed by atoms with Crippen molar-refractivity contribution >= 4 is 33.2 Å². The van der Waals surface area contributed by atoms with Crippen molar-refractivity contribution in [3.8, 4) is 6.07 Å². The van der Waals surface area contributed by atoms with E-state index >= 15 is 0 Å². The molecule has 0 amide bonds. The van der Waals surface area contributed by atoms with E-state index in [-0.39, 0.29) is 0 Å². The average molecular weight is 336 g/mol. The van der Waals surface area contributed by atoms with E-state index in [0.717, 1.165) is 15.7 Å². The van der Waals surface area contributed by atoms with Gasteiger partial charge in [0.1, 0.15) is 0 Å². The van der Waals surface area contributed by atoms with Gasteiger partial charge in [0.25, 0.3) is 0 Å². The van der Waals surface area contributed by atoms with Crippen LogP contribution in [-0.2, 0) is 6.54 Å². The standard InChI is InChI=1S/C15H12BrClN2/c1-10-4-13(16)7-14(5-10)19-9-12-3-2-11(8-18)6-15(12)17/h2-7,19H,9H2,1H3. The second-order valence-corrected chi connectivity index (χ2v) is 5.61. The summed E-state index contributed by atoms with van der Waals surface area (Å²) in [4.78, 5) is 0. The van der Waals surface area contributed by atoms with Gasteiger partial charge in [0.2, 0.25) is 0 Å². The SMILES string of the molecule is Cc1cc(Br)cc(NCc2ccc(C#N)cc2Cl)c1. The fourth-order valence-electron chi connectivity index (χ4n) is 1.80. The second kappa shape index (κ2) is 6.10. The quantitative estimate of drug-likeness (QED) is 0.866. The van der Waals surface area contributed by atoms with Gasteiger partial charge in [-0.15, -0.1) is 0 Å². The highest BCUT2D eigenvalue weighted by atomic mass is 79.9. The predicted molar refractivity (Wildman–Crippen MR) is 82.4 cm³/mol. The summed E-state index contributed by atoms with van der Waals surface area (Å²) in [5.41, 5.74) is 3.76. The molecule has 0 aliphatic heterocycles. The minimum Gasteiger partial charge on any atom is -0.381 e. The minimum atomic E-state index is 0.576. The van der Waals surface area contributed by atoms with E-state index in [0.29, 0.717) is 17.1 Å². The predicted octanol–water partition coefficient (Wildman–Crippen LogP) is 4.89. The lowest BCUT2D eigenvalue weighted by molar-refractivity contribution is 1.14. The monoisotopic (exact) mass is 334 g/mol. The van der Waals surface area contributed by atoms with Crippen molar-refractivity contribution in [2.45, 2.75) is 13.5 Å². The van der Waals surface area contributed by atoms with Crippen molar-refractivity contribution in [1.29, 1.82) is 5.26 Å². The first-order valence-electron chi connectivity index (χ1n) is 5.78. The zero-order chi connectivity index (χ0) is 13.8. The van der Waals surface area contributed by atoms with Crippen LogP contribution in [-0.4, -0.2) is 0 Å². The Balaban J connectivity index is 2.12. The van der Waals surface area contributed by atoms with Gasteiger partial charge in [-0.1, -0.05) is 33.6 Å². The summed E-state index contributed by atoms with van der Waals surface area (Å²) in [6.45, 7) is 2.67. The number of halogens is 2. The highest BCUT2D eigenvalue weighted by Gasteiger charge is 2.02. The molecule has 2 rings (SSSR count). The Bertz CT molecular complexity index is 627. The Labute approximate surface area is 126 Å². The van der Waals surface area contributed by atoms with Crippen LogP contribution in [0.15, 0.2) is 40.9 Å². The van der Waals surface area contributed by atoms with Crippen LogP contribution in [0.2, 0.25) is 5.02 Å². The molecule has 0 aliphatic rings. The van der Waals surface area contributed by atoms with Crippen molar-refractivity contribution in [2.24, 2.45) is 0 Å². The maximum absolute atomic E-state index is 8.79. The number of benzene rings is 2. The second-order valence-electron chi connectivity index (χ2n) is 4.29. The van der Waals surface area contributed by atoms with Crippen molar-refractivity contribution in [3.05, 3.63) is 62.6 Å². The molecular formula is C15H12BrClN2. The van der Waals surface area contributed by atoms with Crippen LogP contribution >= 0.6 is 27.5 Å². The van der Waals surface area contributed by atoms with E-state index < -0.39 is 0 Å². The van der Waals surface area contributed by atoms with Gasteiger partial charge in [-0.2, -0.15) is 5.26 Å². The normalized spacial score (nSPS) is 10.0. The van der Waals surface area contributed by atoms with Crippen LogP contribution in [0.25, 0.3) is 0 Å². The van der Waals surface area contributed by atoms with Gasteiger partial charge < -0.3 is 5.32 Å². The van der Waals surface area contributed by atoms with Crippen LogP contribution in [0.3, 0.4) is 0 Å². The van der Waals surface area contributed by atoms with Crippen molar-refractivity contribution in [2.75, 3.05) is 5.32 Å². The van der Waals surface area contributed by atoms with E-state index in [1.54, 1.807) is 12.1 Å². The molecule has 0 aromatic heterocycles. The van der Waals surface area contributed by atoms with Crippen molar-refractivity contribution in [1.82, 2.24) is 0 Å². The molecule has 0 radical (unpaired) electrons. The number of hydrogen-bond acceptors (Lipinski definition) is 2. The summed E-state index contributed by atoms with van der Waals surface area (Å²) in [5, 5.41) is 12.7. The Morgan fingerprint density at radius 1 is 1.26 bits per heavy atom. The molecule has 0 heterocycles. The highest BCUT2D eigenvalue weighted by Crippen LogP contribution is 2.22. The lowest BCUT2D eigenvalue weighted by Gasteiger charge is -2.09. The van der Waals surface area contributed by atoms with E-state index in [1.807, 2.05) is 19.1 Å². The smallest absolute Gasteiger partial charge is 0.0992 e. The maximum Gasteiger partial charge on any atom is 0.0992 e. The van der Waals surface area contributed by atoms with E-state index in [9.17, 15) is 0 Å². The molecular weight excluding hydrogens is 324 g/mol. The lowest BCUT2D eigenvalue weighted by Crippen LogP contribution is -2.00. The molecule has 0 aliphatic carbocycles. The van der Waals surface area contributed by atoms with Gasteiger partial charge in [-0.05, 0) is 48.4 Å². The zero-order valence-electron chi connectivity index (χ0n) is 10.4. The van der Waals surface area contributed by atoms with Gasteiger partial charge in [-0.3, -0.25) is 0 Å². The van der Waals surface area contributed by atoms with Crippen LogP contribution in [0.5, 0.6) is 0 Å². The number of nitrogens with zero attached hydrogens (tertiary/aromatic N) is 1. The number of nitrogens with one attached hydrogen (secondary N) is 1. The molecule has 19 heavy (non-hydrogen) atoms. The van der Waals surface area contributed by atoms with Gasteiger partial charge in [0, 0.05) is 21.7 Å². The van der Waals surface area contributed by atoms with Crippen molar-refractivity contribution < 1.29 is 0 Å². The van der Waals surface area contributed by atoms with E-state index in [2.05, 4.69) is 39.4 Å². The number of aryl methyl sites for hydroxylation is 1. The number of nitriles is 1. The van der Waals surface area contributed by atoms with E-state index in [1.165, 1.54) is 5.56 Å². The molecule has 0 bridgehead atoms. The number of rotatable bonds is 3. The van der Waals surface area contributed by atoms with Gasteiger partial charge >= 0.3 is 0 Å². The highest BCUT2D eigenvalue weighted by molar-refractivity contribution is 9.10. The van der Waals surface area contributed by atoms with Gasteiger partial charge in [0.05, 0.1) is 11.6 Å². The van der Waals surface area contributed by atoms with Crippen LogP contribution in [0.4, 0.5) is 5.69 Å². The maximum atomic E-state index is 8.79. The topological polar surface area (TPSA) is 35.8 Å². The van der Waals surface area contributed by atoms with Crippen LogP contribution in [0.1, 0.15) is 16.7 Å². The first-order chi connectivity index (χ1) is 9.08. The molecule has 0 fully saturated rings. The minimum absolute atomic E-state index is 0.576.